The molecule has 1 aromatic carbocycles. The summed E-state index contributed by atoms with van der Waals surface area (Å²) >= 11 is 0. The molecule has 0 radical (unpaired) electrons. The van der Waals surface area contributed by atoms with E-state index in [1.807, 2.05) is 12.1 Å². The number of nitro benzene ring substituents is 1. The van der Waals surface area contributed by atoms with Gasteiger partial charge < -0.3 is 10.6 Å². The molecule has 21 heavy (non-hydrogen) atoms. The fraction of sp³-hybridized carbons (Fsp3) is 0.625. The fourth-order valence-corrected chi connectivity index (χ4v) is 4.32. The Morgan fingerprint density at radius 3 is 2.62 bits per heavy atom. The summed E-state index contributed by atoms with van der Waals surface area (Å²) in [6.07, 6.45) is 5.34. The molecule has 4 atom stereocenters. The van der Waals surface area contributed by atoms with E-state index in [0.29, 0.717) is 17.3 Å². The lowest BCUT2D eigenvalue weighted by Gasteiger charge is -2.29. The number of para-hydroxylation sites is 1. The monoisotopic (exact) mass is 289 g/mol. The van der Waals surface area contributed by atoms with Gasteiger partial charge in [0.05, 0.1) is 4.92 Å². The second kappa shape index (κ2) is 5.54. The number of nitrogens with zero attached hydrogens (tertiary/aromatic N) is 1. The predicted molar refractivity (Wildman–Crippen MR) is 84.7 cm³/mol. The van der Waals surface area contributed by atoms with Gasteiger partial charge in [0.15, 0.2) is 0 Å². The summed E-state index contributed by atoms with van der Waals surface area (Å²) in [7, 11) is 1.71. The van der Waals surface area contributed by atoms with Gasteiger partial charge in [-0.25, -0.2) is 0 Å². The van der Waals surface area contributed by atoms with Crippen molar-refractivity contribution in [3.63, 3.8) is 0 Å². The Bertz CT molecular complexity index is 546. The molecule has 2 fully saturated rings. The molecule has 3 rings (SSSR count). The molecule has 5 nitrogen and oxygen atoms in total. The minimum Gasteiger partial charge on any atom is -0.382 e. The molecule has 114 valence electrons. The Balaban J connectivity index is 1.79. The first-order valence-corrected chi connectivity index (χ1v) is 7.81. The van der Waals surface area contributed by atoms with E-state index in [2.05, 4.69) is 17.6 Å². The van der Waals surface area contributed by atoms with Crippen LogP contribution < -0.4 is 10.6 Å². The van der Waals surface area contributed by atoms with E-state index in [0.717, 1.165) is 11.8 Å². The highest BCUT2D eigenvalue weighted by molar-refractivity contribution is 5.76. The summed E-state index contributed by atoms with van der Waals surface area (Å²) < 4.78 is 0. The van der Waals surface area contributed by atoms with Crippen LogP contribution in [-0.2, 0) is 0 Å². The van der Waals surface area contributed by atoms with Crippen molar-refractivity contribution in [2.24, 2.45) is 17.8 Å². The zero-order valence-corrected chi connectivity index (χ0v) is 12.6. The van der Waals surface area contributed by atoms with Crippen molar-refractivity contribution in [2.45, 2.75) is 38.6 Å². The minimum atomic E-state index is -0.304. The van der Waals surface area contributed by atoms with Gasteiger partial charge in [-0.1, -0.05) is 12.5 Å². The standard InChI is InChI=1S/C16H23N3O2/c1-10(13-9-11-6-7-12(13)8-11)18-15-5-3-4-14(17-2)16(15)19(20)21/h3-5,10-13,17-18H,6-9H2,1-2H3. The lowest BCUT2D eigenvalue weighted by molar-refractivity contribution is -0.383. The molecular weight excluding hydrogens is 266 g/mol. The van der Waals surface area contributed by atoms with Gasteiger partial charge >= 0.3 is 5.69 Å². The number of rotatable bonds is 5. The Morgan fingerprint density at radius 2 is 2.05 bits per heavy atom. The summed E-state index contributed by atoms with van der Waals surface area (Å²) in [6, 6.07) is 5.69. The van der Waals surface area contributed by atoms with Gasteiger partial charge in [-0.2, -0.15) is 0 Å². The van der Waals surface area contributed by atoms with Crippen molar-refractivity contribution in [3.8, 4) is 0 Å². The molecule has 2 aliphatic carbocycles. The molecule has 0 saturated heterocycles. The molecule has 5 heteroatoms. The molecule has 0 aromatic heterocycles. The van der Waals surface area contributed by atoms with E-state index in [9.17, 15) is 10.1 Å². The second-order valence-electron chi connectivity index (χ2n) is 6.48. The van der Waals surface area contributed by atoms with Crippen LogP contribution in [0, 0.1) is 27.9 Å². The van der Waals surface area contributed by atoms with Crippen LogP contribution in [-0.4, -0.2) is 18.0 Å². The van der Waals surface area contributed by atoms with Crippen LogP contribution >= 0.6 is 0 Å². The molecular formula is C16H23N3O2. The Hall–Kier alpha value is -1.78. The third kappa shape index (κ3) is 2.57. The highest BCUT2D eigenvalue weighted by atomic mass is 16.6. The summed E-state index contributed by atoms with van der Waals surface area (Å²) in [5.74, 6) is 2.36. The molecule has 0 heterocycles. The Kier molecular flexibility index (Phi) is 3.74. The summed E-state index contributed by atoms with van der Waals surface area (Å²) in [5, 5.41) is 17.7. The normalized spacial score (nSPS) is 28.4. The fourth-order valence-electron chi connectivity index (χ4n) is 4.32. The topological polar surface area (TPSA) is 67.2 Å². The van der Waals surface area contributed by atoms with Gasteiger partial charge in [-0.3, -0.25) is 10.1 Å². The number of benzene rings is 1. The largest absolute Gasteiger partial charge is 0.382 e. The van der Waals surface area contributed by atoms with Crippen molar-refractivity contribution < 1.29 is 4.92 Å². The smallest absolute Gasteiger partial charge is 0.315 e. The third-order valence-corrected chi connectivity index (χ3v) is 5.31. The molecule has 2 aliphatic rings. The molecule has 0 aliphatic heterocycles. The van der Waals surface area contributed by atoms with Crippen molar-refractivity contribution >= 4 is 17.1 Å². The minimum absolute atomic E-state index is 0.148. The van der Waals surface area contributed by atoms with Crippen LogP contribution in [0.3, 0.4) is 0 Å². The summed E-state index contributed by atoms with van der Waals surface area (Å²) in [4.78, 5) is 11.1. The van der Waals surface area contributed by atoms with Gasteiger partial charge in [0.2, 0.25) is 0 Å². The van der Waals surface area contributed by atoms with E-state index in [1.54, 1.807) is 13.1 Å². The van der Waals surface area contributed by atoms with Crippen LogP contribution in [0.5, 0.6) is 0 Å². The van der Waals surface area contributed by atoms with Crippen LogP contribution in [0.2, 0.25) is 0 Å². The molecule has 2 saturated carbocycles. The molecule has 2 bridgehead atoms. The molecule has 2 N–H and O–H groups in total. The second-order valence-corrected chi connectivity index (χ2v) is 6.48. The first-order chi connectivity index (χ1) is 10.1. The van der Waals surface area contributed by atoms with Gasteiger partial charge in [-0.05, 0) is 56.1 Å². The number of hydrogen-bond acceptors (Lipinski definition) is 4. The van der Waals surface area contributed by atoms with Gasteiger partial charge in [0.25, 0.3) is 0 Å². The lowest BCUT2D eigenvalue weighted by atomic mass is 9.84. The SMILES string of the molecule is CNc1cccc(NC(C)C2CC3CCC2C3)c1[N+](=O)[O-]. The summed E-state index contributed by atoms with van der Waals surface area (Å²) in [6.45, 7) is 2.17. The first kappa shape index (κ1) is 14.2. The first-order valence-electron chi connectivity index (χ1n) is 7.81. The van der Waals surface area contributed by atoms with E-state index >= 15 is 0 Å². The van der Waals surface area contributed by atoms with Crippen LogP contribution in [0.4, 0.5) is 17.1 Å². The number of hydrogen-bond donors (Lipinski definition) is 2. The quantitative estimate of drug-likeness (QED) is 0.638. The van der Waals surface area contributed by atoms with E-state index in [4.69, 9.17) is 0 Å². The molecule has 0 amide bonds. The van der Waals surface area contributed by atoms with Crippen LogP contribution in [0.15, 0.2) is 18.2 Å². The molecule has 1 aromatic rings. The average molecular weight is 289 g/mol. The van der Waals surface area contributed by atoms with Crippen molar-refractivity contribution in [1.82, 2.24) is 0 Å². The predicted octanol–water partition coefficient (Wildman–Crippen LogP) is 3.87. The third-order valence-electron chi connectivity index (χ3n) is 5.31. The average Bonchev–Trinajstić information content (AvgIpc) is 3.09. The molecule has 4 unspecified atom stereocenters. The summed E-state index contributed by atoms with van der Waals surface area (Å²) in [5.41, 5.74) is 1.34. The highest BCUT2D eigenvalue weighted by Crippen LogP contribution is 2.50. The van der Waals surface area contributed by atoms with Crippen LogP contribution in [0.1, 0.15) is 32.6 Å². The van der Waals surface area contributed by atoms with E-state index < -0.39 is 0 Å². The molecule has 0 spiro atoms. The van der Waals surface area contributed by atoms with E-state index in [-0.39, 0.29) is 16.7 Å². The zero-order chi connectivity index (χ0) is 15.0. The van der Waals surface area contributed by atoms with Gasteiger partial charge in [0, 0.05) is 13.1 Å². The van der Waals surface area contributed by atoms with Crippen molar-refractivity contribution in [2.75, 3.05) is 17.7 Å². The maximum Gasteiger partial charge on any atom is 0.315 e. The van der Waals surface area contributed by atoms with Gasteiger partial charge in [-0.15, -0.1) is 0 Å². The Morgan fingerprint density at radius 1 is 1.29 bits per heavy atom. The maximum atomic E-state index is 11.4. The zero-order valence-electron chi connectivity index (χ0n) is 12.6. The van der Waals surface area contributed by atoms with Crippen molar-refractivity contribution in [1.29, 1.82) is 0 Å². The Labute approximate surface area is 125 Å². The van der Waals surface area contributed by atoms with Gasteiger partial charge in [0.1, 0.15) is 11.4 Å². The number of nitro groups is 1. The number of anilines is 2. The number of fused-ring (bicyclic) bond motifs is 2. The van der Waals surface area contributed by atoms with Crippen molar-refractivity contribution in [3.05, 3.63) is 28.3 Å². The highest BCUT2D eigenvalue weighted by Gasteiger charge is 2.42. The lowest BCUT2D eigenvalue weighted by Crippen LogP contribution is -2.30. The van der Waals surface area contributed by atoms with Crippen LogP contribution in [0.25, 0.3) is 0 Å². The number of nitrogens with one attached hydrogen (secondary N) is 2. The van der Waals surface area contributed by atoms with E-state index in [1.165, 1.54) is 25.7 Å². The maximum absolute atomic E-state index is 11.4.